The minimum absolute atomic E-state index is 0.0937. The second-order valence-corrected chi connectivity index (χ2v) is 6.03. The molecule has 0 aromatic carbocycles. The number of carbonyl (C=O) groups excluding carboxylic acids is 1. The van der Waals surface area contributed by atoms with Crippen molar-refractivity contribution < 1.29 is 4.79 Å². The van der Waals surface area contributed by atoms with E-state index in [4.69, 9.17) is 5.73 Å². The normalized spacial score (nSPS) is 28.9. The van der Waals surface area contributed by atoms with Crippen LogP contribution in [0.15, 0.2) is 0 Å². The topological polar surface area (TPSA) is 112 Å². The number of fused-ring (bicyclic) bond motifs is 1. The third-order valence-corrected chi connectivity index (χ3v) is 4.56. The van der Waals surface area contributed by atoms with Gasteiger partial charge in [-0.05, 0) is 18.8 Å². The zero-order valence-electron chi connectivity index (χ0n) is 12.3. The van der Waals surface area contributed by atoms with Crippen LogP contribution in [0.25, 0.3) is 0 Å². The molecule has 3 atom stereocenters. The molecule has 1 aromatic heterocycles. The van der Waals surface area contributed by atoms with Gasteiger partial charge in [0.25, 0.3) is 5.91 Å². The first-order valence-corrected chi connectivity index (χ1v) is 7.59. The molecule has 1 amide bonds. The summed E-state index contributed by atoms with van der Waals surface area (Å²) >= 11 is 0. The Balaban J connectivity index is 1.61. The van der Waals surface area contributed by atoms with Gasteiger partial charge in [0, 0.05) is 25.7 Å². The number of aromatic nitrogens is 3. The van der Waals surface area contributed by atoms with Crippen molar-refractivity contribution in [1.29, 1.82) is 0 Å². The molecule has 0 spiro atoms. The highest BCUT2D eigenvalue weighted by molar-refractivity contribution is 5.90. The van der Waals surface area contributed by atoms with E-state index >= 15 is 0 Å². The molecule has 8 heteroatoms. The number of aromatic amines is 1. The van der Waals surface area contributed by atoms with Gasteiger partial charge in [-0.1, -0.05) is 19.3 Å². The highest BCUT2D eigenvalue weighted by Crippen LogP contribution is 2.29. The molecular formula is C13H23N7O. The summed E-state index contributed by atoms with van der Waals surface area (Å²) in [5, 5.41) is 6.26. The van der Waals surface area contributed by atoms with Gasteiger partial charge >= 0.3 is 0 Å². The minimum Gasteiger partial charge on any atom is -0.366 e. The number of likely N-dealkylation sites (N-methyl/N-ethyl adjacent to an activating group) is 1. The van der Waals surface area contributed by atoms with Gasteiger partial charge in [-0.25, -0.2) is 0 Å². The minimum atomic E-state index is -0.182. The number of hydrogen-bond donors (Lipinski definition) is 4. The number of carbonyl (C=O) groups is 1. The first-order chi connectivity index (χ1) is 10.1. The van der Waals surface area contributed by atoms with Crippen LogP contribution in [0.4, 0.5) is 5.95 Å². The molecule has 3 rings (SSSR count). The SMILES string of the molecule is CN(CC1NNC2CCCCCC21)C(=O)c1nc(N)n[nH]1. The molecule has 21 heavy (non-hydrogen) atoms. The van der Waals surface area contributed by atoms with Gasteiger partial charge in [-0.3, -0.25) is 20.7 Å². The van der Waals surface area contributed by atoms with Crippen LogP contribution in [-0.4, -0.2) is 51.7 Å². The average Bonchev–Trinajstić information content (AvgIpc) is 2.98. The molecule has 1 aliphatic carbocycles. The molecule has 1 saturated heterocycles. The fraction of sp³-hybridized carbons (Fsp3) is 0.769. The molecule has 116 valence electrons. The van der Waals surface area contributed by atoms with Crippen molar-refractivity contribution in [2.45, 2.75) is 44.2 Å². The molecule has 8 nitrogen and oxygen atoms in total. The Hall–Kier alpha value is -1.67. The quantitative estimate of drug-likeness (QED) is 0.618. The number of rotatable bonds is 3. The lowest BCUT2D eigenvalue weighted by Gasteiger charge is -2.25. The molecule has 1 saturated carbocycles. The number of amides is 1. The van der Waals surface area contributed by atoms with E-state index in [9.17, 15) is 4.79 Å². The molecule has 1 aliphatic heterocycles. The standard InChI is InChI=1S/C13H23N7O/c1-20(12(21)11-15-13(14)19-18-11)7-10-8-5-3-2-4-6-9(8)16-17-10/h8-10,16-17H,2-7H2,1H3,(H3,14,15,18,19). The van der Waals surface area contributed by atoms with E-state index in [1.165, 1.54) is 32.1 Å². The molecule has 0 bridgehead atoms. The molecule has 5 N–H and O–H groups in total. The summed E-state index contributed by atoms with van der Waals surface area (Å²) in [4.78, 5) is 17.8. The van der Waals surface area contributed by atoms with Crippen LogP contribution >= 0.6 is 0 Å². The molecule has 2 aliphatic rings. The van der Waals surface area contributed by atoms with Gasteiger partial charge in [-0.2, -0.15) is 4.98 Å². The third kappa shape index (κ3) is 3.01. The molecule has 1 aromatic rings. The number of nitrogens with two attached hydrogens (primary N) is 1. The highest BCUT2D eigenvalue weighted by Gasteiger charge is 2.37. The monoisotopic (exact) mass is 293 g/mol. The van der Waals surface area contributed by atoms with Crippen molar-refractivity contribution in [3.8, 4) is 0 Å². The van der Waals surface area contributed by atoms with Gasteiger partial charge in [0.05, 0.1) is 0 Å². The molecule has 2 fully saturated rings. The van der Waals surface area contributed by atoms with Crippen molar-refractivity contribution in [3.63, 3.8) is 0 Å². The lowest BCUT2D eigenvalue weighted by atomic mass is 9.90. The van der Waals surface area contributed by atoms with Gasteiger partial charge in [0.2, 0.25) is 11.8 Å². The van der Waals surface area contributed by atoms with E-state index in [1.807, 2.05) is 0 Å². The van der Waals surface area contributed by atoms with E-state index in [2.05, 4.69) is 26.0 Å². The van der Waals surface area contributed by atoms with Crippen LogP contribution in [0.3, 0.4) is 0 Å². The molecule has 3 unspecified atom stereocenters. The van der Waals surface area contributed by atoms with Crippen molar-refractivity contribution in [2.24, 2.45) is 5.92 Å². The van der Waals surface area contributed by atoms with E-state index in [0.717, 1.165) is 0 Å². The molecular weight excluding hydrogens is 270 g/mol. The summed E-state index contributed by atoms with van der Waals surface area (Å²) in [5.74, 6) is 0.690. The number of anilines is 1. The number of nitrogen functional groups attached to an aromatic ring is 1. The first kappa shape index (κ1) is 14.3. The maximum absolute atomic E-state index is 12.3. The second-order valence-electron chi connectivity index (χ2n) is 6.03. The third-order valence-electron chi connectivity index (χ3n) is 4.56. The summed E-state index contributed by atoms with van der Waals surface area (Å²) < 4.78 is 0. The van der Waals surface area contributed by atoms with Crippen LogP contribution in [0.1, 0.15) is 42.7 Å². The van der Waals surface area contributed by atoms with Crippen LogP contribution in [0.5, 0.6) is 0 Å². The Labute approximate surface area is 123 Å². The summed E-state index contributed by atoms with van der Waals surface area (Å²) in [6.45, 7) is 0.646. The lowest BCUT2D eigenvalue weighted by Crippen LogP contribution is -2.43. The maximum Gasteiger partial charge on any atom is 0.291 e. The summed E-state index contributed by atoms with van der Waals surface area (Å²) in [6, 6.07) is 0.809. The Morgan fingerprint density at radius 3 is 2.90 bits per heavy atom. The van der Waals surface area contributed by atoms with Crippen LogP contribution in [-0.2, 0) is 0 Å². The zero-order chi connectivity index (χ0) is 14.8. The summed E-state index contributed by atoms with van der Waals surface area (Å²) in [7, 11) is 1.78. The Bertz CT molecular complexity index is 502. The second kappa shape index (κ2) is 5.98. The fourth-order valence-electron chi connectivity index (χ4n) is 3.43. The van der Waals surface area contributed by atoms with Crippen molar-refractivity contribution in [1.82, 2.24) is 30.9 Å². The average molecular weight is 293 g/mol. The predicted octanol–water partition coefficient (Wildman–Crippen LogP) is -0.116. The maximum atomic E-state index is 12.3. The van der Waals surface area contributed by atoms with E-state index in [1.54, 1.807) is 11.9 Å². The van der Waals surface area contributed by atoms with Crippen molar-refractivity contribution in [3.05, 3.63) is 5.82 Å². The zero-order valence-corrected chi connectivity index (χ0v) is 12.3. The smallest absolute Gasteiger partial charge is 0.291 e. The van der Waals surface area contributed by atoms with E-state index in [0.29, 0.717) is 18.5 Å². The lowest BCUT2D eigenvalue weighted by molar-refractivity contribution is 0.0762. The van der Waals surface area contributed by atoms with E-state index < -0.39 is 0 Å². The Kier molecular flexibility index (Phi) is 4.07. The molecule has 2 heterocycles. The van der Waals surface area contributed by atoms with Crippen molar-refractivity contribution in [2.75, 3.05) is 19.3 Å². The molecule has 0 radical (unpaired) electrons. The van der Waals surface area contributed by atoms with E-state index in [-0.39, 0.29) is 23.7 Å². The highest BCUT2D eigenvalue weighted by atomic mass is 16.2. The van der Waals surface area contributed by atoms with Crippen LogP contribution in [0, 0.1) is 5.92 Å². The first-order valence-electron chi connectivity index (χ1n) is 7.59. The van der Waals surface area contributed by atoms with Crippen LogP contribution < -0.4 is 16.6 Å². The number of hydrogen-bond acceptors (Lipinski definition) is 6. The van der Waals surface area contributed by atoms with Gasteiger partial charge in [0.15, 0.2) is 0 Å². The van der Waals surface area contributed by atoms with Gasteiger partial charge < -0.3 is 10.6 Å². The van der Waals surface area contributed by atoms with Crippen LogP contribution in [0.2, 0.25) is 0 Å². The van der Waals surface area contributed by atoms with Crippen molar-refractivity contribution >= 4 is 11.9 Å². The largest absolute Gasteiger partial charge is 0.366 e. The number of H-pyrrole nitrogens is 1. The van der Waals surface area contributed by atoms with Gasteiger partial charge in [0.1, 0.15) is 0 Å². The summed E-state index contributed by atoms with van der Waals surface area (Å²) in [6.07, 6.45) is 6.30. The predicted molar refractivity (Wildman–Crippen MR) is 78.2 cm³/mol. The fourth-order valence-corrected chi connectivity index (χ4v) is 3.43. The number of nitrogens with one attached hydrogen (secondary N) is 3. The van der Waals surface area contributed by atoms with Gasteiger partial charge in [-0.15, -0.1) is 5.10 Å². The summed E-state index contributed by atoms with van der Waals surface area (Å²) in [5.41, 5.74) is 12.2. The number of nitrogens with zero attached hydrogens (tertiary/aromatic N) is 3. The number of hydrazine groups is 1. The Morgan fingerprint density at radius 2 is 2.14 bits per heavy atom. The Morgan fingerprint density at radius 1 is 1.33 bits per heavy atom.